The van der Waals surface area contributed by atoms with Gasteiger partial charge in [-0.1, -0.05) is 18.7 Å². The van der Waals surface area contributed by atoms with Gasteiger partial charge in [0.2, 0.25) is 5.91 Å². The number of benzene rings is 1. The summed E-state index contributed by atoms with van der Waals surface area (Å²) in [6.07, 6.45) is 2.86. The predicted molar refractivity (Wildman–Crippen MR) is 125 cm³/mol. The Morgan fingerprint density at radius 2 is 2.13 bits per heavy atom. The summed E-state index contributed by atoms with van der Waals surface area (Å²) in [7, 11) is 1.61. The van der Waals surface area contributed by atoms with Crippen molar-refractivity contribution in [2.24, 2.45) is 0 Å². The summed E-state index contributed by atoms with van der Waals surface area (Å²) < 4.78 is 8.08. The topological polar surface area (TPSA) is 73.2 Å². The van der Waals surface area contributed by atoms with Crippen LogP contribution in [0.3, 0.4) is 0 Å². The largest absolute Gasteiger partial charge is 0.497 e. The molecule has 1 aliphatic rings. The maximum Gasteiger partial charge on any atom is 0.267 e. The molecule has 0 aliphatic carbocycles. The highest BCUT2D eigenvalue weighted by atomic mass is 32.2. The molecule has 0 saturated carbocycles. The van der Waals surface area contributed by atoms with Gasteiger partial charge in [0.15, 0.2) is 5.16 Å². The third-order valence-electron chi connectivity index (χ3n) is 4.80. The zero-order chi connectivity index (χ0) is 21.1. The predicted octanol–water partition coefficient (Wildman–Crippen LogP) is 4.11. The number of carbonyl (C=O) groups excluding carboxylic acids is 1. The molecule has 0 bridgehead atoms. The first kappa shape index (κ1) is 21.3. The van der Waals surface area contributed by atoms with Gasteiger partial charge < -0.3 is 10.1 Å². The van der Waals surface area contributed by atoms with Crippen molar-refractivity contribution in [2.45, 2.75) is 35.6 Å². The van der Waals surface area contributed by atoms with Crippen LogP contribution < -0.4 is 15.6 Å². The average molecular weight is 462 g/mol. The summed E-state index contributed by atoms with van der Waals surface area (Å²) in [6, 6.07) is 7.35. The highest BCUT2D eigenvalue weighted by Gasteiger charge is 2.23. The monoisotopic (exact) mass is 461 g/mol. The first-order valence-corrected chi connectivity index (χ1v) is 12.7. The molecule has 1 aromatic carbocycles. The van der Waals surface area contributed by atoms with Crippen molar-refractivity contribution in [3.63, 3.8) is 0 Å². The van der Waals surface area contributed by atoms with Crippen LogP contribution in [-0.4, -0.2) is 40.6 Å². The Morgan fingerprint density at radius 1 is 1.33 bits per heavy atom. The molecule has 3 heterocycles. The highest BCUT2D eigenvalue weighted by molar-refractivity contribution is 8.01. The number of methoxy groups -OCH3 is 1. The molecule has 158 valence electrons. The number of nitrogens with one attached hydrogen (secondary N) is 1. The second-order valence-electron chi connectivity index (χ2n) is 6.87. The summed E-state index contributed by atoms with van der Waals surface area (Å²) in [5.41, 5.74) is 1.78. The minimum atomic E-state index is -0.0679. The van der Waals surface area contributed by atoms with Crippen molar-refractivity contribution in [3.8, 4) is 11.4 Å². The van der Waals surface area contributed by atoms with E-state index in [-0.39, 0.29) is 17.2 Å². The quantitative estimate of drug-likeness (QED) is 0.422. The molecular weight excluding hydrogens is 438 g/mol. The van der Waals surface area contributed by atoms with Gasteiger partial charge in [0, 0.05) is 6.54 Å². The Kier molecular flexibility index (Phi) is 6.70. The van der Waals surface area contributed by atoms with E-state index in [1.165, 1.54) is 16.0 Å². The lowest BCUT2D eigenvalue weighted by molar-refractivity contribution is -0.118. The van der Waals surface area contributed by atoms with E-state index in [0.717, 1.165) is 52.2 Å². The molecule has 0 radical (unpaired) electrons. The number of thiophene rings is 1. The SMILES string of the molecule is CCCNC(=O)CSc1nc2sc3c(c2c(=O)n1-c1ccc(OC)cc1)CCCS3. The number of fused-ring (bicyclic) bond motifs is 3. The van der Waals surface area contributed by atoms with E-state index >= 15 is 0 Å². The van der Waals surface area contributed by atoms with Crippen LogP contribution in [0.1, 0.15) is 25.3 Å². The standard InChI is InChI=1S/C21H23N3O3S3/c1-3-10-22-16(25)12-29-21-23-18-17(15-5-4-11-28-20(15)30-18)19(26)24(21)13-6-8-14(27-2)9-7-13/h6-9H,3-5,10-12H2,1-2H3,(H,22,25). The molecule has 0 unspecified atom stereocenters. The van der Waals surface area contributed by atoms with Crippen LogP contribution >= 0.6 is 34.9 Å². The van der Waals surface area contributed by atoms with Crippen LogP contribution in [0.2, 0.25) is 0 Å². The molecule has 4 rings (SSSR count). The van der Waals surface area contributed by atoms with E-state index in [1.54, 1.807) is 34.8 Å². The molecule has 6 nitrogen and oxygen atoms in total. The molecule has 9 heteroatoms. The Morgan fingerprint density at radius 3 is 2.87 bits per heavy atom. The molecular formula is C21H23N3O3S3. The van der Waals surface area contributed by atoms with Crippen molar-refractivity contribution in [1.82, 2.24) is 14.9 Å². The molecule has 0 fully saturated rings. The molecule has 1 amide bonds. The molecule has 2 aromatic heterocycles. The van der Waals surface area contributed by atoms with E-state index in [2.05, 4.69) is 5.32 Å². The lowest BCUT2D eigenvalue weighted by atomic mass is 10.1. The molecule has 0 spiro atoms. The van der Waals surface area contributed by atoms with Crippen molar-refractivity contribution in [1.29, 1.82) is 0 Å². The summed E-state index contributed by atoms with van der Waals surface area (Å²) in [6.45, 7) is 2.66. The maximum absolute atomic E-state index is 13.6. The average Bonchev–Trinajstić information content (AvgIpc) is 3.15. The van der Waals surface area contributed by atoms with E-state index in [1.807, 2.05) is 31.2 Å². The first-order valence-electron chi connectivity index (χ1n) is 9.87. The third-order valence-corrected chi connectivity index (χ3v) is 8.26. The fraction of sp³-hybridized carbons (Fsp3) is 0.381. The minimum Gasteiger partial charge on any atom is -0.497 e. The number of aryl methyl sites for hydroxylation is 1. The van der Waals surface area contributed by atoms with Crippen LogP contribution in [0.4, 0.5) is 0 Å². The minimum absolute atomic E-state index is 0.0569. The van der Waals surface area contributed by atoms with Gasteiger partial charge >= 0.3 is 0 Å². The molecule has 0 atom stereocenters. The number of rotatable bonds is 7. The number of hydrogen-bond acceptors (Lipinski definition) is 7. The summed E-state index contributed by atoms with van der Waals surface area (Å²) in [5.74, 6) is 1.96. The first-order chi connectivity index (χ1) is 14.6. The molecule has 3 aromatic rings. The zero-order valence-corrected chi connectivity index (χ0v) is 19.3. The Labute approximate surface area is 187 Å². The fourth-order valence-electron chi connectivity index (χ4n) is 3.33. The molecule has 1 aliphatic heterocycles. The number of thioether (sulfide) groups is 2. The van der Waals surface area contributed by atoms with Crippen LogP contribution in [0, 0.1) is 0 Å². The fourth-order valence-corrected chi connectivity index (χ4v) is 6.74. The number of carbonyl (C=O) groups is 1. The number of ether oxygens (including phenoxy) is 1. The molecule has 1 N–H and O–H groups in total. The number of nitrogens with zero attached hydrogens (tertiary/aromatic N) is 2. The summed E-state index contributed by atoms with van der Waals surface area (Å²) in [4.78, 5) is 31.4. The smallest absolute Gasteiger partial charge is 0.267 e. The van der Waals surface area contributed by atoms with Gasteiger partial charge in [-0.15, -0.1) is 23.1 Å². The van der Waals surface area contributed by atoms with E-state index in [0.29, 0.717) is 11.7 Å². The van der Waals surface area contributed by atoms with Gasteiger partial charge in [0.25, 0.3) is 5.56 Å². The Balaban J connectivity index is 1.81. The van der Waals surface area contributed by atoms with Crippen molar-refractivity contribution in [2.75, 3.05) is 25.2 Å². The number of hydrogen-bond donors (Lipinski definition) is 1. The number of aromatic nitrogens is 2. The van der Waals surface area contributed by atoms with Crippen LogP contribution in [0.25, 0.3) is 15.9 Å². The van der Waals surface area contributed by atoms with E-state index < -0.39 is 0 Å². The van der Waals surface area contributed by atoms with Crippen molar-refractivity contribution in [3.05, 3.63) is 40.2 Å². The summed E-state index contributed by atoms with van der Waals surface area (Å²) in [5, 5.41) is 4.13. The van der Waals surface area contributed by atoms with Crippen LogP contribution in [0.5, 0.6) is 5.75 Å². The van der Waals surface area contributed by atoms with Crippen LogP contribution in [-0.2, 0) is 11.2 Å². The zero-order valence-electron chi connectivity index (χ0n) is 16.9. The lowest BCUT2D eigenvalue weighted by Crippen LogP contribution is -2.27. The van der Waals surface area contributed by atoms with Gasteiger partial charge in [0.1, 0.15) is 10.6 Å². The molecule has 0 saturated heterocycles. The Bertz CT molecular complexity index is 1120. The third kappa shape index (κ3) is 4.24. The highest BCUT2D eigenvalue weighted by Crippen LogP contribution is 2.41. The summed E-state index contributed by atoms with van der Waals surface area (Å²) >= 11 is 4.69. The van der Waals surface area contributed by atoms with E-state index in [9.17, 15) is 9.59 Å². The second-order valence-corrected chi connectivity index (χ2v) is 10.2. The van der Waals surface area contributed by atoms with Crippen molar-refractivity contribution >= 4 is 51.0 Å². The van der Waals surface area contributed by atoms with Gasteiger partial charge in [-0.25, -0.2) is 4.98 Å². The second kappa shape index (κ2) is 9.45. The van der Waals surface area contributed by atoms with Crippen LogP contribution in [0.15, 0.2) is 38.4 Å². The van der Waals surface area contributed by atoms with Gasteiger partial charge in [-0.05, 0) is 54.8 Å². The Hall–Kier alpha value is -1.97. The normalized spacial score (nSPS) is 13.3. The van der Waals surface area contributed by atoms with Crippen molar-refractivity contribution < 1.29 is 9.53 Å². The van der Waals surface area contributed by atoms with Gasteiger partial charge in [0.05, 0.1) is 28.1 Å². The number of amides is 1. The maximum atomic E-state index is 13.6. The lowest BCUT2D eigenvalue weighted by Gasteiger charge is -2.14. The van der Waals surface area contributed by atoms with Gasteiger partial charge in [-0.2, -0.15) is 0 Å². The van der Waals surface area contributed by atoms with E-state index in [4.69, 9.17) is 9.72 Å². The van der Waals surface area contributed by atoms with Gasteiger partial charge in [-0.3, -0.25) is 14.2 Å². The molecule has 30 heavy (non-hydrogen) atoms.